The molecule has 172 valence electrons. The molecule has 1 aromatic heterocycles. The number of unbranched alkanes of at least 4 members (excludes halogenated alkanes) is 1. The minimum atomic E-state index is -1.61. The summed E-state index contributed by atoms with van der Waals surface area (Å²) in [5.41, 5.74) is 3.63. The van der Waals surface area contributed by atoms with Crippen molar-refractivity contribution in [2.45, 2.75) is 70.4 Å². The van der Waals surface area contributed by atoms with E-state index >= 15 is 0 Å². The van der Waals surface area contributed by atoms with Crippen LogP contribution in [-0.4, -0.2) is 9.19 Å². The molecule has 0 aliphatic heterocycles. The Kier molecular flexibility index (Phi) is 10.2. The number of hydrogen-bond acceptors (Lipinski definition) is 2. The van der Waals surface area contributed by atoms with Crippen LogP contribution < -0.4 is 0 Å². The van der Waals surface area contributed by atoms with Crippen LogP contribution in [0.2, 0.25) is 0 Å². The highest BCUT2D eigenvalue weighted by Gasteiger charge is 2.28. The van der Waals surface area contributed by atoms with Gasteiger partial charge in [-0.15, -0.1) is 0 Å². The highest BCUT2D eigenvalue weighted by atomic mass is 32.2. The van der Waals surface area contributed by atoms with Gasteiger partial charge in [0.05, 0.1) is 16.0 Å². The molecule has 0 saturated heterocycles. The lowest BCUT2D eigenvalue weighted by molar-refractivity contribution is 0.585. The van der Waals surface area contributed by atoms with Gasteiger partial charge in [-0.2, -0.15) is 0 Å². The summed E-state index contributed by atoms with van der Waals surface area (Å²) >= 11 is 0. The average molecular weight is 458 g/mol. The number of aromatic nitrogens is 1. The number of benzene rings is 2. The van der Waals surface area contributed by atoms with Crippen molar-refractivity contribution >= 4 is 10.8 Å². The summed E-state index contributed by atoms with van der Waals surface area (Å²) in [7, 11) is -1.61. The lowest BCUT2D eigenvalue weighted by Crippen LogP contribution is -2.14. The van der Waals surface area contributed by atoms with Crippen molar-refractivity contribution < 1.29 is 13.0 Å². The van der Waals surface area contributed by atoms with Crippen LogP contribution in [0.5, 0.6) is 0 Å². The van der Waals surface area contributed by atoms with Crippen LogP contribution in [0.3, 0.4) is 0 Å². The third-order valence-electron chi connectivity index (χ3n) is 5.29. The Morgan fingerprint density at radius 1 is 0.969 bits per heavy atom. The van der Waals surface area contributed by atoms with Crippen LogP contribution in [0.25, 0.3) is 0 Å². The van der Waals surface area contributed by atoms with Gasteiger partial charge in [0.2, 0.25) is 0 Å². The number of hydrogen-bond donors (Lipinski definition) is 0. The third-order valence-corrected chi connectivity index (χ3v) is 6.96. The van der Waals surface area contributed by atoms with Gasteiger partial charge in [0.1, 0.15) is 11.6 Å². The van der Waals surface area contributed by atoms with E-state index in [0.29, 0.717) is 4.90 Å². The first-order valence-electron chi connectivity index (χ1n) is 11.3. The van der Waals surface area contributed by atoms with E-state index in [-0.39, 0.29) is 5.56 Å². The Morgan fingerprint density at radius 3 is 2.28 bits per heavy atom. The van der Waals surface area contributed by atoms with Crippen molar-refractivity contribution in [3.05, 3.63) is 94.3 Å². The van der Waals surface area contributed by atoms with E-state index < -0.39 is 27.7 Å². The minimum Gasteiger partial charge on any atom is -0.261 e. The van der Waals surface area contributed by atoms with Crippen LogP contribution in [0.15, 0.2) is 59.6 Å². The van der Waals surface area contributed by atoms with Gasteiger partial charge in [-0.1, -0.05) is 46.2 Å². The van der Waals surface area contributed by atoms with Gasteiger partial charge in [0, 0.05) is 22.3 Å². The molecular weight excluding hydrogens is 424 g/mol. The zero-order chi connectivity index (χ0) is 23.7. The first kappa shape index (κ1) is 25.9. The normalized spacial score (nSPS) is 12.6. The minimum absolute atomic E-state index is 0.101. The molecule has 0 radical (unpaired) electrons. The Hall–Kier alpha value is -2.40. The molecule has 0 fully saturated rings. The van der Waals surface area contributed by atoms with E-state index in [0.717, 1.165) is 66.3 Å². The fourth-order valence-electron chi connectivity index (χ4n) is 3.47. The maximum Gasteiger partial charge on any atom is 0.128 e. The van der Waals surface area contributed by atoms with Crippen molar-refractivity contribution in [2.75, 3.05) is 0 Å². The molecule has 3 rings (SSSR count). The number of aryl methyl sites for hydroxylation is 3. The largest absolute Gasteiger partial charge is 0.261 e. The predicted molar refractivity (Wildman–Crippen MR) is 129 cm³/mol. The Labute approximate surface area is 193 Å². The molecule has 32 heavy (non-hydrogen) atoms. The predicted octanol–water partition coefficient (Wildman–Crippen LogP) is 7.50. The van der Waals surface area contributed by atoms with Crippen LogP contribution in [-0.2, 0) is 23.6 Å². The Balaban J connectivity index is 0.00000176. The van der Waals surface area contributed by atoms with Crippen LogP contribution in [0.1, 0.15) is 73.7 Å². The fourth-order valence-corrected chi connectivity index (χ4v) is 5.04. The number of rotatable bonds is 8. The summed E-state index contributed by atoms with van der Waals surface area (Å²) in [6.45, 7) is 10.0. The fraction of sp³-hybridized carbons (Fsp3) is 0.370. The lowest BCUT2D eigenvalue weighted by atomic mass is 9.99. The second kappa shape index (κ2) is 12.6. The van der Waals surface area contributed by atoms with Gasteiger partial charge in [0.15, 0.2) is 0 Å². The highest BCUT2D eigenvalue weighted by molar-refractivity contribution is 7.85. The average Bonchev–Trinajstić information content (AvgIpc) is 2.83. The summed E-state index contributed by atoms with van der Waals surface area (Å²) in [4.78, 5) is 5.07. The molecule has 0 amide bonds. The number of halogens is 2. The molecule has 3 aromatic rings. The Morgan fingerprint density at radius 2 is 1.66 bits per heavy atom. The molecule has 1 heterocycles. The van der Waals surface area contributed by atoms with Crippen molar-refractivity contribution in [1.29, 1.82) is 0 Å². The maximum atomic E-state index is 14.8. The van der Waals surface area contributed by atoms with Crippen molar-refractivity contribution in [2.24, 2.45) is 0 Å². The molecule has 0 N–H and O–H groups in total. The van der Waals surface area contributed by atoms with E-state index in [1.165, 1.54) is 0 Å². The van der Waals surface area contributed by atoms with Crippen LogP contribution >= 0.6 is 0 Å². The summed E-state index contributed by atoms with van der Waals surface area (Å²) < 4.78 is 42.6. The zero-order valence-corrected chi connectivity index (χ0v) is 20.4. The van der Waals surface area contributed by atoms with E-state index in [9.17, 15) is 13.0 Å². The van der Waals surface area contributed by atoms with Crippen molar-refractivity contribution in [1.82, 2.24) is 4.98 Å². The quantitative estimate of drug-likeness (QED) is 0.351. The lowest BCUT2D eigenvalue weighted by Gasteiger charge is -2.21. The van der Waals surface area contributed by atoms with Gasteiger partial charge < -0.3 is 0 Å². The van der Waals surface area contributed by atoms with E-state index in [4.69, 9.17) is 0 Å². The van der Waals surface area contributed by atoms with Gasteiger partial charge in [-0.3, -0.25) is 9.19 Å². The Bertz CT molecular complexity index is 1030. The topological polar surface area (TPSA) is 30.0 Å². The molecule has 2 nitrogen and oxygen atoms in total. The summed E-state index contributed by atoms with van der Waals surface area (Å²) in [5, 5.41) is -0.823. The number of pyridine rings is 1. The van der Waals surface area contributed by atoms with Gasteiger partial charge in [-0.05, 0) is 79.3 Å². The molecule has 0 saturated carbocycles. The summed E-state index contributed by atoms with van der Waals surface area (Å²) in [6, 6.07) is 12.7. The second-order valence-electron chi connectivity index (χ2n) is 7.48. The van der Waals surface area contributed by atoms with Gasteiger partial charge in [0.25, 0.3) is 0 Å². The monoisotopic (exact) mass is 457 g/mol. The smallest absolute Gasteiger partial charge is 0.128 e. The van der Waals surface area contributed by atoms with Crippen molar-refractivity contribution in [3.8, 4) is 0 Å². The van der Waals surface area contributed by atoms with Gasteiger partial charge in [-0.25, -0.2) is 8.78 Å². The first-order chi connectivity index (χ1) is 15.4. The molecule has 2 atom stereocenters. The van der Waals surface area contributed by atoms with E-state index in [1.807, 2.05) is 51.1 Å². The molecule has 0 aliphatic rings. The molecule has 2 aromatic carbocycles. The molecule has 5 heteroatoms. The molecule has 0 spiro atoms. The van der Waals surface area contributed by atoms with Crippen LogP contribution in [0.4, 0.5) is 8.78 Å². The molecular formula is C27H33F2NOS. The number of nitrogens with zero attached hydrogens (tertiary/aromatic N) is 1. The standard InChI is InChI=1S/C25H27F2NOS.C2H6/c1-4-6-7-20-15-22(17(3)16-28-20)25(23-14-19(26)10-13-24(23)27)30(29)21-11-8-18(5-2)9-12-21;1-2/h8-16,25H,4-7H2,1-3H3;1-2H3. The maximum absolute atomic E-state index is 14.8. The van der Waals surface area contributed by atoms with Crippen molar-refractivity contribution in [3.63, 3.8) is 0 Å². The second-order valence-corrected chi connectivity index (χ2v) is 9.01. The third kappa shape index (κ3) is 6.32. The van der Waals surface area contributed by atoms with E-state index in [1.54, 1.807) is 6.20 Å². The summed E-state index contributed by atoms with van der Waals surface area (Å²) in [5.74, 6) is -1.11. The highest BCUT2D eigenvalue weighted by Crippen LogP contribution is 2.36. The van der Waals surface area contributed by atoms with Gasteiger partial charge >= 0.3 is 0 Å². The SMILES string of the molecule is CC.CCCCc1cc(C(c2cc(F)ccc2F)S(=O)c2ccc(CC)cc2)c(C)cn1. The van der Waals surface area contributed by atoms with E-state index in [2.05, 4.69) is 18.8 Å². The van der Waals surface area contributed by atoms with Crippen LogP contribution in [0, 0.1) is 18.6 Å². The zero-order valence-electron chi connectivity index (χ0n) is 19.6. The first-order valence-corrected chi connectivity index (χ1v) is 12.6. The molecule has 0 bridgehead atoms. The summed E-state index contributed by atoms with van der Waals surface area (Å²) in [6.07, 6.45) is 5.42. The molecule has 0 aliphatic carbocycles. The molecule has 2 unspecified atom stereocenters.